The largest absolute Gasteiger partial charge is 0.251 e. The fourth-order valence-electron chi connectivity index (χ4n) is 0.713. The zero-order chi connectivity index (χ0) is 5.49. The first-order valence-corrected chi connectivity index (χ1v) is 2.54. The minimum absolute atomic E-state index is 0.128. The zero-order valence-corrected chi connectivity index (χ0v) is 4.25. The first-order chi connectivity index (χ1) is 3.17. The van der Waals surface area contributed by atoms with Crippen molar-refractivity contribution < 1.29 is 8.78 Å². The molecule has 0 aromatic carbocycles. The second kappa shape index (κ2) is 1.17. The second-order valence-electron chi connectivity index (χ2n) is 2.07. The predicted molar refractivity (Wildman–Crippen MR) is 23.3 cm³/mol. The molecule has 0 amide bonds. The van der Waals surface area contributed by atoms with Crippen LogP contribution in [0.5, 0.6) is 0 Å². The van der Waals surface area contributed by atoms with Crippen LogP contribution >= 0.6 is 0 Å². The molecule has 1 aliphatic rings. The molecule has 0 radical (unpaired) electrons. The van der Waals surface area contributed by atoms with E-state index in [1.807, 2.05) is 0 Å². The van der Waals surface area contributed by atoms with E-state index in [0.717, 1.165) is 0 Å². The molecule has 0 heterocycles. The first kappa shape index (κ1) is 5.01. The molecule has 7 heavy (non-hydrogen) atoms. The van der Waals surface area contributed by atoms with Crippen molar-refractivity contribution in [2.45, 2.75) is 25.7 Å². The predicted octanol–water partition coefficient (Wildman–Crippen LogP) is 2.05. The van der Waals surface area contributed by atoms with Crippen molar-refractivity contribution in [1.82, 2.24) is 0 Å². The van der Waals surface area contributed by atoms with Crippen molar-refractivity contribution in [2.75, 3.05) is 0 Å². The van der Waals surface area contributed by atoms with Crippen LogP contribution in [0.2, 0.25) is 0 Å². The molecule has 0 bridgehead atoms. The van der Waals surface area contributed by atoms with E-state index in [4.69, 9.17) is 0 Å². The van der Waals surface area contributed by atoms with Crippen LogP contribution in [-0.4, -0.2) is 5.92 Å². The van der Waals surface area contributed by atoms with Gasteiger partial charge >= 0.3 is 0 Å². The third kappa shape index (κ3) is 0.740. The summed E-state index contributed by atoms with van der Waals surface area (Å²) in [6.45, 7) is 1.80. The van der Waals surface area contributed by atoms with Crippen LogP contribution < -0.4 is 0 Å². The van der Waals surface area contributed by atoms with Crippen molar-refractivity contribution in [3.8, 4) is 0 Å². The van der Waals surface area contributed by atoms with Gasteiger partial charge in [0.05, 0.1) is 0 Å². The fourth-order valence-corrected chi connectivity index (χ4v) is 0.713. The Morgan fingerprint density at radius 3 is 2.14 bits per heavy atom. The number of rotatable bonds is 1. The van der Waals surface area contributed by atoms with E-state index in [-0.39, 0.29) is 12.3 Å². The molecule has 0 nitrogen and oxygen atoms in total. The lowest BCUT2D eigenvalue weighted by atomic mass is 10.3. The summed E-state index contributed by atoms with van der Waals surface area (Å²) in [4.78, 5) is 0. The third-order valence-corrected chi connectivity index (χ3v) is 1.45. The van der Waals surface area contributed by atoms with Crippen LogP contribution in [0.4, 0.5) is 8.78 Å². The molecule has 0 aromatic heterocycles. The molecule has 0 saturated heterocycles. The van der Waals surface area contributed by atoms with Gasteiger partial charge in [0.2, 0.25) is 0 Å². The molecule has 1 fully saturated rings. The van der Waals surface area contributed by atoms with E-state index in [0.29, 0.717) is 6.42 Å². The summed E-state index contributed by atoms with van der Waals surface area (Å²) >= 11 is 0. The Morgan fingerprint density at radius 2 is 2.14 bits per heavy atom. The highest BCUT2D eigenvalue weighted by atomic mass is 19.3. The van der Waals surface area contributed by atoms with Gasteiger partial charge in [-0.1, -0.05) is 6.92 Å². The highest BCUT2D eigenvalue weighted by Gasteiger charge is 2.55. The molecule has 1 unspecified atom stereocenters. The molecule has 1 rings (SSSR count). The van der Waals surface area contributed by atoms with Gasteiger partial charge in [0, 0.05) is 12.3 Å². The van der Waals surface area contributed by atoms with Crippen LogP contribution in [0, 0.1) is 5.92 Å². The normalized spacial score (nSPS) is 35.6. The van der Waals surface area contributed by atoms with Crippen molar-refractivity contribution >= 4 is 0 Å². The van der Waals surface area contributed by atoms with Gasteiger partial charge in [0.25, 0.3) is 5.92 Å². The summed E-state index contributed by atoms with van der Waals surface area (Å²) in [5.74, 6) is -2.57. The summed E-state index contributed by atoms with van der Waals surface area (Å²) in [7, 11) is 0. The summed E-state index contributed by atoms with van der Waals surface area (Å²) in [6, 6.07) is 0. The second-order valence-corrected chi connectivity index (χ2v) is 2.07. The Morgan fingerprint density at radius 1 is 1.71 bits per heavy atom. The Labute approximate surface area is 41.5 Å². The molecular weight excluding hydrogens is 98.1 g/mol. The average molecular weight is 106 g/mol. The molecule has 1 aliphatic carbocycles. The molecule has 42 valence electrons. The van der Waals surface area contributed by atoms with Gasteiger partial charge in [0.15, 0.2) is 0 Å². The zero-order valence-electron chi connectivity index (χ0n) is 4.25. The maximum atomic E-state index is 11.8. The quantitative estimate of drug-likeness (QED) is 0.480. The van der Waals surface area contributed by atoms with Crippen LogP contribution in [0.3, 0.4) is 0 Å². The minimum Gasteiger partial charge on any atom is -0.207 e. The van der Waals surface area contributed by atoms with Gasteiger partial charge < -0.3 is 0 Å². The molecule has 0 aliphatic heterocycles. The van der Waals surface area contributed by atoms with E-state index in [1.54, 1.807) is 6.92 Å². The van der Waals surface area contributed by atoms with E-state index < -0.39 is 5.92 Å². The Balaban J connectivity index is 2.30. The maximum Gasteiger partial charge on any atom is 0.251 e. The Bertz CT molecular complexity index is 78.1. The van der Waals surface area contributed by atoms with E-state index >= 15 is 0 Å². The Hall–Kier alpha value is -0.140. The number of halogens is 2. The van der Waals surface area contributed by atoms with Gasteiger partial charge in [0.1, 0.15) is 0 Å². The van der Waals surface area contributed by atoms with Crippen LogP contribution in [-0.2, 0) is 0 Å². The van der Waals surface area contributed by atoms with Gasteiger partial charge in [-0.3, -0.25) is 0 Å². The van der Waals surface area contributed by atoms with Gasteiger partial charge in [-0.25, -0.2) is 8.78 Å². The van der Waals surface area contributed by atoms with Gasteiger partial charge in [-0.15, -0.1) is 0 Å². The van der Waals surface area contributed by atoms with E-state index in [2.05, 4.69) is 0 Å². The molecule has 2 heteroatoms. The molecule has 0 N–H and O–H groups in total. The van der Waals surface area contributed by atoms with E-state index in [1.165, 1.54) is 0 Å². The van der Waals surface area contributed by atoms with Gasteiger partial charge in [-0.2, -0.15) is 0 Å². The lowest BCUT2D eigenvalue weighted by Gasteiger charge is -1.87. The highest BCUT2D eigenvalue weighted by Crippen LogP contribution is 2.50. The fraction of sp³-hybridized carbons (Fsp3) is 1.00. The monoisotopic (exact) mass is 106 g/mol. The van der Waals surface area contributed by atoms with Crippen LogP contribution in [0.15, 0.2) is 0 Å². The highest BCUT2D eigenvalue weighted by molar-refractivity contribution is 4.93. The third-order valence-electron chi connectivity index (χ3n) is 1.45. The standard InChI is InChI=1S/C5H8F2/c1-2-4-3-5(4,6)7/h4H,2-3H2,1H3. The summed E-state index contributed by atoms with van der Waals surface area (Å²) in [5, 5.41) is 0. The summed E-state index contributed by atoms with van der Waals surface area (Å²) in [6.07, 6.45) is 0.760. The average Bonchev–Trinajstić information content (AvgIpc) is 2.13. The summed E-state index contributed by atoms with van der Waals surface area (Å²) in [5.41, 5.74) is 0. The van der Waals surface area contributed by atoms with Crippen LogP contribution in [0.1, 0.15) is 19.8 Å². The summed E-state index contributed by atoms with van der Waals surface area (Å²) < 4.78 is 23.6. The smallest absolute Gasteiger partial charge is 0.207 e. The van der Waals surface area contributed by atoms with Gasteiger partial charge in [-0.05, 0) is 6.42 Å². The van der Waals surface area contributed by atoms with Crippen molar-refractivity contribution in [1.29, 1.82) is 0 Å². The van der Waals surface area contributed by atoms with Crippen LogP contribution in [0.25, 0.3) is 0 Å². The lowest BCUT2D eigenvalue weighted by Crippen LogP contribution is -1.90. The number of hydrogen-bond acceptors (Lipinski definition) is 0. The molecule has 0 aromatic rings. The van der Waals surface area contributed by atoms with Crippen molar-refractivity contribution in [3.05, 3.63) is 0 Å². The van der Waals surface area contributed by atoms with Crippen molar-refractivity contribution in [2.24, 2.45) is 5.92 Å². The molecule has 0 spiro atoms. The van der Waals surface area contributed by atoms with E-state index in [9.17, 15) is 8.78 Å². The maximum absolute atomic E-state index is 11.8. The number of hydrogen-bond donors (Lipinski definition) is 0. The first-order valence-electron chi connectivity index (χ1n) is 2.54. The lowest BCUT2D eigenvalue weighted by molar-refractivity contribution is 0.0981. The molecular formula is C5H8F2. The minimum atomic E-state index is -2.28. The SMILES string of the molecule is CCC1CC1(F)F. The Kier molecular flexibility index (Phi) is 0.839. The molecule has 1 saturated carbocycles. The number of alkyl halides is 2. The topological polar surface area (TPSA) is 0 Å². The molecule has 1 atom stereocenters. The van der Waals surface area contributed by atoms with Crippen molar-refractivity contribution in [3.63, 3.8) is 0 Å².